The molecular weight excluding hydrogens is 286 g/mol. The molecule has 118 valence electrons. The Balaban J connectivity index is 1.95. The van der Waals surface area contributed by atoms with Crippen molar-refractivity contribution in [2.45, 2.75) is 32.7 Å². The van der Waals surface area contributed by atoms with Gasteiger partial charge in [-0.05, 0) is 39.0 Å². The van der Waals surface area contributed by atoms with E-state index in [1.165, 1.54) is 12.1 Å². The van der Waals surface area contributed by atoms with E-state index >= 15 is 0 Å². The van der Waals surface area contributed by atoms with Crippen LogP contribution in [-0.4, -0.2) is 22.9 Å². The minimum absolute atomic E-state index is 0.00718. The van der Waals surface area contributed by atoms with Crippen molar-refractivity contribution in [2.75, 3.05) is 6.54 Å². The Morgan fingerprint density at radius 2 is 2.05 bits per heavy atom. The van der Waals surface area contributed by atoms with Crippen molar-refractivity contribution in [3.8, 4) is 0 Å². The zero-order chi connectivity index (χ0) is 16.3. The molecule has 1 aromatic rings. The summed E-state index contributed by atoms with van der Waals surface area (Å²) in [6.07, 6.45) is 5.41. The summed E-state index contributed by atoms with van der Waals surface area (Å²) >= 11 is 0. The molecule has 1 heterocycles. The Bertz CT molecular complexity index is 630. The van der Waals surface area contributed by atoms with Crippen molar-refractivity contribution in [3.05, 3.63) is 59.4 Å². The number of nitrogens with zero attached hydrogens (tertiary/aromatic N) is 1. The van der Waals surface area contributed by atoms with Gasteiger partial charge in [-0.15, -0.1) is 0 Å². The molecule has 22 heavy (non-hydrogen) atoms. The van der Waals surface area contributed by atoms with E-state index in [4.69, 9.17) is 0 Å². The van der Waals surface area contributed by atoms with Crippen LogP contribution in [-0.2, 0) is 11.2 Å². The van der Waals surface area contributed by atoms with E-state index in [2.05, 4.69) is 31.0 Å². The molecule has 0 saturated heterocycles. The fraction of sp³-hybridized carbons (Fsp3) is 0.353. The summed E-state index contributed by atoms with van der Waals surface area (Å²) in [5.74, 6) is -2.28. The fourth-order valence-electron chi connectivity index (χ4n) is 2.15. The molecule has 1 aliphatic rings. The number of carbonyl (C=O) groups excluding carboxylic acids is 1. The van der Waals surface area contributed by atoms with E-state index in [0.29, 0.717) is 12.2 Å². The molecule has 0 spiro atoms. The molecule has 1 amide bonds. The lowest BCUT2D eigenvalue weighted by atomic mass is 10.1. The first-order chi connectivity index (χ1) is 10.3. The Morgan fingerprint density at radius 3 is 2.64 bits per heavy atom. The van der Waals surface area contributed by atoms with Crippen LogP contribution in [0.25, 0.3) is 0 Å². The van der Waals surface area contributed by atoms with Crippen LogP contribution >= 0.6 is 0 Å². The van der Waals surface area contributed by atoms with Gasteiger partial charge in [-0.3, -0.25) is 4.79 Å². The first-order valence-electron chi connectivity index (χ1n) is 7.15. The topological polar surface area (TPSA) is 32.3 Å². The molecule has 0 atom stereocenters. The van der Waals surface area contributed by atoms with Gasteiger partial charge in [0.15, 0.2) is 11.6 Å². The lowest BCUT2D eigenvalue weighted by molar-refractivity contribution is -0.119. The van der Waals surface area contributed by atoms with Gasteiger partial charge in [0.05, 0.1) is 6.42 Å². The van der Waals surface area contributed by atoms with Crippen LogP contribution in [0.4, 0.5) is 8.78 Å². The maximum atomic E-state index is 13.5. The number of rotatable bonds is 3. The van der Waals surface area contributed by atoms with Crippen LogP contribution in [0.3, 0.4) is 0 Å². The van der Waals surface area contributed by atoms with Gasteiger partial charge in [0.1, 0.15) is 0 Å². The van der Waals surface area contributed by atoms with E-state index in [-0.39, 0.29) is 23.4 Å². The molecule has 1 aliphatic heterocycles. The maximum absolute atomic E-state index is 13.5. The minimum Gasteiger partial charge on any atom is -0.369 e. The Labute approximate surface area is 129 Å². The van der Waals surface area contributed by atoms with E-state index < -0.39 is 11.6 Å². The number of nitrogens with one attached hydrogen (secondary N) is 1. The van der Waals surface area contributed by atoms with Gasteiger partial charge < -0.3 is 10.2 Å². The van der Waals surface area contributed by atoms with Crippen molar-refractivity contribution in [1.82, 2.24) is 10.2 Å². The van der Waals surface area contributed by atoms with Crippen molar-refractivity contribution in [3.63, 3.8) is 0 Å². The van der Waals surface area contributed by atoms with Crippen LogP contribution in [0.2, 0.25) is 0 Å². The Morgan fingerprint density at radius 1 is 1.32 bits per heavy atom. The average molecular weight is 306 g/mol. The second-order valence-corrected chi connectivity index (χ2v) is 6.24. The van der Waals surface area contributed by atoms with E-state index in [1.807, 2.05) is 12.3 Å². The summed E-state index contributed by atoms with van der Waals surface area (Å²) in [6.45, 7) is 6.98. The fourth-order valence-corrected chi connectivity index (χ4v) is 2.15. The number of halogens is 2. The second-order valence-electron chi connectivity index (χ2n) is 6.24. The summed E-state index contributed by atoms with van der Waals surface area (Å²) in [7, 11) is 0. The molecule has 0 saturated carbocycles. The Kier molecular flexibility index (Phi) is 4.64. The summed E-state index contributed by atoms with van der Waals surface area (Å²) in [4.78, 5) is 14.1. The molecule has 1 N–H and O–H groups in total. The molecule has 0 radical (unpaired) electrons. The molecule has 1 aromatic carbocycles. The largest absolute Gasteiger partial charge is 0.369 e. The molecule has 0 bridgehead atoms. The first-order valence-corrected chi connectivity index (χ1v) is 7.15. The number of amides is 1. The maximum Gasteiger partial charge on any atom is 0.228 e. The summed E-state index contributed by atoms with van der Waals surface area (Å²) in [5, 5.41) is 2.71. The third kappa shape index (κ3) is 3.93. The number of allylic oxidation sites excluding steroid dienone is 1. The van der Waals surface area contributed by atoms with Gasteiger partial charge in [-0.1, -0.05) is 12.1 Å². The van der Waals surface area contributed by atoms with E-state index in [9.17, 15) is 13.6 Å². The normalized spacial score (nSPS) is 14.8. The third-order valence-electron chi connectivity index (χ3n) is 3.47. The highest BCUT2D eigenvalue weighted by molar-refractivity contribution is 5.80. The molecule has 0 aliphatic carbocycles. The van der Waals surface area contributed by atoms with Gasteiger partial charge in [0.25, 0.3) is 0 Å². The quantitative estimate of drug-likeness (QED) is 0.930. The molecule has 3 nitrogen and oxygen atoms in total. The zero-order valence-corrected chi connectivity index (χ0v) is 13.0. The van der Waals surface area contributed by atoms with Gasteiger partial charge >= 0.3 is 0 Å². The lowest BCUT2D eigenvalue weighted by Gasteiger charge is -2.35. The second kappa shape index (κ2) is 6.30. The van der Waals surface area contributed by atoms with Crippen molar-refractivity contribution < 1.29 is 13.6 Å². The molecule has 0 fully saturated rings. The third-order valence-corrected chi connectivity index (χ3v) is 3.47. The number of carbonyl (C=O) groups is 1. The van der Waals surface area contributed by atoms with Crippen LogP contribution in [0, 0.1) is 11.6 Å². The summed E-state index contributed by atoms with van der Waals surface area (Å²) < 4.78 is 26.6. The number of hydrogen-bond donors (Lipinski definition) is 1. The summed E-state index contributed by atoms with van der Waals surface area (Å²) in [5.41, 5.74) is 0.726. The van der Waals surface area contributed by atoms with E-state index in [1.54, 1.807) is 6.08 Å². The van der Waals surface area contributed by atoms with Gasteiger partial charge in [-0.2, -0.15) is 0 Å². The SMILES string of the molecule is CC(C)(C)N1C=CC(NC(=O)Cc2cccc(F)c2F)=CC1. The number of hydrogen-bond acceptors (Lipinski definition) is 2. The summed E-state index contributed by atoms with van der Waals surface area (Å²) in [6, 6.07) is 3.83. The van der Waals surface area contributed by atoms with Crippen molar-refractivity contribution in [2.24, 2.45) is 0 Å². The standard InChI is InChI=1S/C17H20F2N2O/c1-17(2,3)21-9-7-13(8-10-21)20-15(22)11-12-5-4-6-14(18)16(12)19/h4-9H,10-11H2,1-3H3,(H,20,22). The molecule has 0 aromatic heterocycles. The van der Waals surface area contributed by atoms with Gasteiger partial charge in [-0.25, -0.2) is 8.78 Å². The number of benzene rings is 1. The van der Waals surface area contributed by atoms with E-state index in [0.717, 1.165) is 6.07 Å². The Hall–Kier alpha value is -2.17. The highest BCUT2D eigenvalue weighted by Gasteiger charge is 2.19. The zero-order valence-electron chi connectivity index (χ0n) is 13.0. The van der Waals surface area contributed by atoms with Crippen molar-refractivity contribution in [1.29, 1.82) is 0 Å². The predicted molar refractivity (Wildman–Crippen MR) is 81.9 cm³/mol. The molecule has 0 unspecified atom stereocenters. The van der Waals surface area contributed by atoms with Gasteiger partial charge in [0, 0.05) is 29.5 Å². The molecular formula is C17H20F2N2O. The predicted octanol–water partition coefficient (Wildman–Crippen LogP) is 3.14. The molecule has 5 heteroatoms. The van der Waals surface area contributed by atoms with Crippen LogP contribution < -0.4 is 5.32 Å². The minimum atomic E-state index is -0.968. The van der Waals surface area contributed by atoms with Crippen molar-refractivity contribution >= 4 is 5.91 Å². The monoisotopic (exact) mass is 306 g/mol. The van der Waals surface area contributed by atoms with Crippen LogP contribution in [0.1, 0.15) is 26.3 Å². The molecule has 2 rings (SSSR count). The first kappa shape index (κ1) is 16.2. The smallest absolute Gasteiger partial charge is 0.228 e. The van der Waals surface area contributed by atoms with Crippen LogP contribution in [0.5, 0.6) is 0 Å². The van der Waals surface area contributed by atoms with Crippen LogP contribution in [0.15, 0.2) is 42.2 Å². The highest BCUT2D eigenvalue weighted by Crippen LogP contribution is 2.17. The average Bonchev–Trinajstić information content (AvgIpc) is 2.43. The highest BCUT2D eigenvalue weighted by atomic mass is 19.2. The lowest BCUT2D eigenvalue weighted by Crippen LogP contribution is -2.39. The van der Waals surface area contributed by atoms with Gasteiger partial charge in [0.2, 0.25) is 5.91 Å².